The number of hydrogen-bond acceptors (Lipinski definition) is 5. The summed E-state index contributed by atoms with van der Waals surface area (Å²) in [5.41, 5.74) is 2.34. The van der Waals surface area contributed by atoms with Crippen LogP contribution in [0.2, 0.25) is 0 Å². The molecule has 30 heavy (non-hydrogen) atoms. The van der Waals surface area contributed by atoms with E-state index >= 15 is 0 Å². The smallest absolute Gasteiger partial charge is 0.191 e. The third kappa shape index (κ3) is 6.44. The molecule has 2 heterocycles. The number of aliphatic imine (C=N–C) groups is 1. The van der Waals surface area contributed by atoms with Crippen molar-refractivity contribution in [2.45, 2.75) is 45.6 Å². The van der Waals surface area contributed by atoms with Crippen molar-refractivity contribution in [3.8, 4) is 5.75 Å². The first kappa shape index (κ1) is 22.6. The van der Waals surface area contributed by atoms with E-state index in [0.717, 1.165) is 56.4 Å². The van der Waals surface area contributed by atoms with Crippen LogP contribution in [0.15, 0.2) is 34.6 Å². The van der Waals surface area contributed by atoms with Gasteiger partial charge in [-0.3, -0.25) is 9.89 Å². The Labute approximate surface area is 184 Å². The highest BCUT2D eigenvalue weighted by Gasteiger charge is 2.25. The van der Waals surface area contributed by atoms with E-state index in [1.165, 1.54) is 23.4 Å². The first-order chi connectivity index (χ1) is 14.7. The zero-order chi connectivity index (χ0) is 21.2. The molecule has 1 aromatic heterocycles. The van der Waals surface area contributed by atoms with Crippen LogP contribution in [0.5, 0.6) is 5.75 Å². The summed E-state index contributed by atoms with van der Waals surface area (Å²) in [7, 11) is 1.75. The van der Waals surface area contributed by atoms with Crippen molar-refractivity contribution < 1.29 is 4.74 Å². The number of aryl methyl sites for hydroxylation is 2. The monoisotopic (exact) mass is 429 g/mol. The normalized spacial score (nSPS) is 15.9. The minimum Gasteiger partial charge on any atom is -0.496 e. The molecule has 2 aromatic rings. The van der Waals surface area contributed by atoms with Crippen LogP contribution in [0.3, 0.4) is 0 Å². The highest BCUT2D eigenvalue weighted by Crippen LogP contribution is 2.31. The number of nitrogens with zero attached hydrogens (tertiary/aromatic N) is 3. The maximum Gasteiger partial charge on any atom is 0.191 e. The lowest BCUT2D eigenvalue weighted by atomic mass is 10.0. The quantitative estimate of drug-likeness (QED) is 0.342. The maximum absolute atomic E-state index is 5.65. The Morgan fingerprint density at radius 1 is 1.27 bits per heavy atom. The molecule has 2 N–H and O–H groups in total. The Morgan fingerprint density at radius 2 is 2.07 bits per heavy atom. The van der Waals surface area contributed by atoms with Gasteiger partial charge in [0.15, 0.2) is 5.96 Å². The second-order valence-electron chi connectivity index (χ2n) is 7.63. The number of rotatable bonds is 10. The molecule has 1 saturated heterocycles. The van der Waals surface area contributed by atoms with Crippen molar-refractivity contribution in [1.29, 1.82) is 0 Å². The van der Waals surface area contributed by atoms with E-state index < -0.39 is 0 Å². The van der Waals surface area contributed by atoms with Gasteiger partial charge in [-0.15, -0.1) is 11.3 Å². The number of guanidine groups is 1. The van der Waals surface area contributed by atoms with Crippen LogP contribution < -0.4 is 15.4 Å². The summed E-state index contributed by atoms with van der Waals surface area (Å²) in [6, 6.07) is 8.58. The van der Waals surface area contributed by atoms with Crippen LogP contribution in [-0.4, -0.2) is 55.7 Å². The van der Waals surface area contributed by atoms with Gasteiger partial charge in [-0.1, -0.05) is 18.2 Å². The zero-order valence-electron chi connectivity index (χ0n) is 18.5. The predicted molar refractivity (Wildman–Crippen MR) is 126 cm³/mol. The summed E-state index contributed by atoms with van der Waals surface area (Å²) >= 11 is 1.75. The first-order valence-corrected chi connectivity index (χ1v) is 11.9. The van der Waals surface area contributed by atoms with Gasteiger partial charge in [-0.25, -0.2) is 4.98 Å². The van der Waals surface area contributed by atoms with Crippen LogP contribution in [0.25, 0.3) is 0 Å². The average molecular weight is 430 g/mol. The number of methoxy groups -OCH3 is 1. The van der Waals surface area contributed by atoms with Gasteiger partial charge in [0.1, 0.15) is 5.75 Å². The van der Waals surface area contributed by atoms with Crippen molar-refractivity contribution in [2.24, 2.45) is 4.99 Å². The topological polar surface area (TPSA) is 61.8 Å². The number of hydrogen-bond donors (Lipinski definition) is 2. The van der Waals surface area contributed by atoms with Crippen molar-refractivity contribution in [3.63, 3.8) is 0 Å². The SMILES string of the molecule is CCNC(=NCC(c1ccccc1OC)N1CCCC1)NCCCc1nc(C)cs1. The molecular weight excluding hydrogens is 394 g/mol. The van der Waals surface area contributed by atoms with Gasteiger partial charge in [-0.2, -0.15) is 0 Å². The molecule has 0 bridgehead atoms. The summed E-state index contributed by atoms with van der Waals surface area (Å²) in [4.78, 5) is 12.0. The molecule has 0 radical (unpaired) electrons. The number of likely N-dealkylation sites (tertiary alicyclic amines) is 1. The third-order valence-corrected chi connectivity index (χ3v) is 6.40. The molecule has 1 aliphatic heterocycles. The molecule has 1 unspecified atom stereocenters. The van der Waals surface area contributed by atoms with Crippen molar-refractivity contribution in [2.75, 3.05) is 39.8 Å². The number of ether oxygens (including phenoxy) is 1. The molecule has 1 fully saturated rings. The lowest BCUT2D eigenvalue weighted by Crippen LogP contribution is -2.39. The molecule has 164 valence electrons. The molecule has 7 heteroatoms. The average Bonchev–Trinajstić information content (AvgIpc) is 3.43. The Hall–Kier alpha value is -2.12. The van der Waals surface area contributed by atoms with E-state index in [0.29, 0.717) is 6.54 Å². The van der Waals surface area contributed by atoms with Crippen LogP contribution in [0.4, 0.5) is 0 Å². The first-order valence-electron chi connectivity index (χ1n) is 11.0. The van der Waals surface area contributed by atoms with Crippen LogP contribution in [0.1, 0.15) is 48.5 Å². The van der Waals surface area contributed by atoms with E-state index in [1.807, 2.05) is 19.1 Å². The summed E-state index contributed by atoms with van der Waals surface area (Å²) in [6.45, 7) is 8.83. The molecule has 0 amide bonds. The van der Waals surface area contributed by atoms with Gasteiger partial charge >= 0.3 is 0 Å². The van der Waals surface area contributed by atoms with Crippen LogP contribution >= 0.6 is 11.3 Å². The fourth-order valence-corrected chi connectivity index (χ4v) is 4.71. The highest BCUT2D eigenvalue weighted by molar-refractivity contribution is 7.09. The van der Waals surface area contributed by atoms with E-state index in [4.69, 9.17) is 9.73 Å². The molecule has 1 aromatic carbocycles. The molecular formula is C23H35N5OS. The molecule has 1 atom stereocenters. The van der Waals surface area contributed by atoms with Crippen molar-refractivity contribution in [3.05, 3.63) is 45.9 Å². The predicted octanol–water partition coefficient (Wildman–Crippen LogP) is 3.78. The molecule has 0 spiro atoms. The second kappa shape index (κ2) is 11.9. The molecule has 0 saturated carbocycles. The third-order valence-electron chi connectivity index (χ3n) is 5.37. The van der Waals surface area contributed by atoms with Crippen LogP contribution in [-0.2, 0) is 6.42 Å². The fourth-order valence-electron chi connectivity index (χ4n) is 3.89. The minimum atomic E-state index is 0.234. The van der Waals surface area contributed by atoms with E-state index in [1.54, 1.807) is 18.4 Å². The van der Waals surface area contributed by atoms with Gasteiger partial charge in [0.05, 0.1) is 24.7 Å². The van der Waals surface area contributed by atoms with E-state index in [2.05, 4.69) is 45.0 Å². The second-order valence-corrected chi connectivity index (χ2v) is 8.58. The Balaban J connectivity index is 1.63. The molecule has 3 rings (SSSR count). The summed E-state index contributed by atoms with van der Waals surface area (Å²) in [5, 5.41) is 10.2. The van der Waals surface area contributed by atoms with Crippen molar-refractivity contribution >= 4 is 17.3 Å². The number of nitrogens with one attached hydrogen (secondary N) is 2. The number of benzene rings is 1. The fraction of sp³-hybridized carbons (Fsp3) is 0.565. The molecule has 6 nitrogen and oxygen atoms in total. The highest BCUT2D eigenvalue weighted by atomic mass is 32.1. The van der Waals surface area contributed by atoms with Gasteiger partial charge < -0.3 is 15.4 Å². The van der Waals surface area contributed by atoms with Crippen molar-refractivity contribution in [1.82, 2.24) is 20.5 Å². The van der Waals surface area contributed by atoms with E-state index in [9.17, 15) is 0 Å². The lowest BCUT2D eigenvalue weighted by molar-refractivity contribution is 0.245. The number of para-hydroxylation sites is 1. The molecule has 1 aliphatic rings. The summed E-state index contributed by atoms with van der Waals surface area (Å²) < 4.78 is 5.65. The maximum atomic E-state index is 5.65. The minimum absolute atomic E-state index is 0.234. The zero-order valence-corrected chi connectivity index (χ0v) is 19.3. The molecule has 0 aliphatic carbocycles. The standard InChI is InChI=1S/C23H35N5OS/c1-4-24-23(25-13-9-12-22-27-18(2)17-30-22)26-16-20(28-14-7-8-15-28)19-10-5-6-11-21(19)29-3/h5-6,10-11,17,20H,4,7-9,12-16H2,1-3H3,(H2,24,25,26). The van der Waals surface area contributed by atoms with Gasteiger partial charge in [-0.05, 0) is 52.3 Å². The Bertz CT molecular complexity index is 800. The summed E-state index contributed by atoms with van der Waals surface area (Å²) in [6.07, 6.45) is 4.55. The number of thiazole rings is 1. The Morgan fingerprint density at radius 3 is 2.77 bits per heavy atom. The largest absolute Gasteiger partial charge is 0.496 e. The van der Waals surface area contributed by atoms with E-state index in [-0.39, 0.29) is 6.04 Å². The Kier molecular flexibility index (Phi) is 8.96. The van der Waals surface area contributed by atoms with Gasteiger partial charge in [0, 0.05) is 36.1 Å². The lowest BCUT2D eigenvalue weighted by Gasteiger charge is -2.28. The van der Waals surface area contributed by atoms with Gasteiger partial charge in [0.2, 0.25) is 0 Å². The number of aromatic nitrogens is 1. The van der Waals surface area contributed by atoms with Gasteiger partial charge in [0.25, 0.3) is 0 Å². The summed E-state index contributed by atoms with van der Waals surface area (Å²) in [5.74, 6) is 1.83. The van der Waals surface area contributed by atoms with Crippen LogP contribution in [0, 0.1) is 6.92 Å².